The number of anilines is 1. The number of alkyl halides is 3. The summed E-state index contributed by atoms with van der Waals surface area (Å²) in [7, 11) is 0. The van der Waals surface area contributed by atoms with Gasteiger partial charge in [0.05, 0.1) is 12.2 Å². The highest BCUT2D eigenvalue weighted by Crippen LogP contribution is 2.44. The van der Waals surface area contributed by atoms with E-state index in [-0.39, 0.29) is 23.1 Å². The van der Waals surface area contributed by atoms with Gasteiger partial charge in [0.2, 0.25) is 0 Å². The molecular formula is C14H16F3NO3S. The van der Waals surface area contributed by atoms with Crippen molar-refractivity contribution in [3.63, 3.8) is 0 Å². The fraction of sp³-hybridized carbons (Fsp3) is 0.571. The van der Waals surface area contributed by atoms with Crippen LogP contribution in [0.1, 0.15) is 53.4 Å². The Morgan fingerprint density at radius 3 is 2.68 bits per heavy atom. The fourth-order valence-electron chi connectivity index (χ4n) is 2.58. The summed E-state index contributed by atoms with van der Waals surface area (Å²) in [4.78, 5) is 24.2. The smallest absolute Gasteiger partial charge is 0.462 e. The molecule has 1 atom stereocenters. The maximum atomic E-state index is 12.5. The van der Waals surface area contributed by atoms with Crippen LogP contribution in [0.2, 0.25) is 0 Å². The minimum Gasteiger partial charge on any atom is -0.462 e. The Bertz CT molecular complexity index is 595. The van der Waals surface area contributed by atoms with Crippen molar-refractivity contribution >= 4 is 28.2 Å². The van der Waals surface area contributed by atoms with Gasteiger partial charge in [-0.15, -0.1) is 11.3 Å². The molecule has 1 aromatic heterocycles. The minimum atomic E-state index is -5.00. The van der Waals surface area contributed by atoms with Crippen molar-refractivity contribution in [3.05, 3.63) is 16.0 Å². The molecule has 22 heavy (non-hydrogen) atoms. The SMILES string of the molecule is CCOC(=O)c1c(NC(=O)C(F)(F)F)sc2c1C(C)CCC2. The van der Waals surface area contributed by atoms with Crippen molar-refractivity contribution in [1.29, 1.82) is 0 Å². The van der Waals surface area contributed by atoms with Crippen molar-refractivity contribution in [2.24, 2.45) is 0 Å². The molecule has 1 aliphatic carbocycles. The Kier molecular flexibility index (Phi) is 4.79. The highest BCUT2D eigenvalue weighted by Gasteiger charge is 2.40. The Morgan fingerprint density at radius 1 is 1.41 bits per heavy atom. The first kappa shape index (κ1) is 16.8. The average molecular weight is 335 g/mol. The standard InChI is InChI=1S/C14H16F3NO3S/c1-3-21-12(19)10-9-7(2)5-4-6-8(9)22-11(10)18-13(20)14(15,16)17/h7H,3-6H2,1-2H3,(H,18,20). The normalized spacial score (nSPS) is 17.8. The molecule has 0 fully saturated rings. The second kappa shape index (κ2) is 6.28. The zero-order valence-corrected chi connectivity index (χ0v) is 13.0. The third-order valence-corrected chi connectivity index (χ3v) is 4.70. The first-order chi connectivity index (χ1) is 10.3. The number of thiophene rings is 1. The van der Waals surface area contributed by atoms with Gasteiger partial charge >= 0.3 is 18.1 Å². The van der Waals surface area contributed by atoms with Gasteiger partial charge in [0.25, 0.3) is 0 Å². The number of carbonyl (C=O) groups is 2. The van der Waals surface area contributed by atoms with E-state index in [4.69, 9.17) is 4.74 Å². The van der Waals surface area contributed by atoms with E-state index in [0.29, 0.717) is 12.0 Å². The van der Waals surface area contributed by atoms with E-state index in [1.165, 1.54) is 0 Å². The van der Waals surface area contributed by atoms with Crippen molar-refractivity contribution in [1.82, 2.24) is 0 Å². The predicted octanol–water partition coefficient (Wildman–Crippen LogP) is 3.87. The Morgan fingerprint density at radius 2 is 2.09 bits per heavy atom. The van der Waals surface area contributed by atoms with Gasteiger partial charge in [-0.25, -0.2) is 4.79 Å². The lowest BCUT2D eigenvalue weighted by atomic mass is 9.86. The number of halogens is 3. The highest BCUT2D eigenvalue weighted by molar-refractivity contribution is 7.17. The third-order valence-electron chi connectivity index (χ3n) is 3.52. The van der Waals surface area contributed by atoms with Crippen LogP contribution < -0.4 is 5.32 Å². The molecule has 0 spiro atoms. The highest BCUT2D eigenvalue weighted by atomic mass is 32.1. The van der Waals surface area contributed by atoms with Gasteiger partial charge in [0.1, 0.15) is 5.00 Å². The largest absolute Gasteiger partial charge is 0.471 e. The molecule has 122 valence electrons. The average Bonchev–Trinajstić information content (AvgIpc) is 2.77. The van der Waals surface area contributed by atoms with E-state index in [1.807, 2.05) is 12.2 Å². The summed E-state index contributed by atoms with van der Waals surface area (Å²) in [6.07, 6.45) is -2.55. The summed E-state index contributed by atoms with van der Waals surface area (Å²) in [5.41, 5.74) is 0.791. The van der Waals surface area contributed by atoms with Crippen LogP contribution >= 0.6 is 11.3 Å². The van der Waals surface area contributed by atoms with E-state index in [9.17, 15) is 22.8 Å². The van der Waals surface area contributed by atoms with Gasteiger partial charge in [0, 0.05) is 4.88 Å². The quantitative estimate of drug-likeness (QED) is 0.853. The lowest BCUT2D eigenvalue weighted by Crippen LogP contribution is -2.30. The molecule has 0 saturated carbocycles. The molecule has 4 nitrogen and oxygen atoms in total. The number of fused-ring (bicyclic) bond motifs is 1. The zero-order chi connectivity index (χ0) is 16.5. The molecule has 1 amide bonds. The monoisotopic (exact) mass is 335 g/mol. The van der Waals surface area contributed by atoms with Crippen molar-refractivity contribution in [2.75, 3.05) is 11.9 Å². The number of hydrogen-bond donors (Lipinski definition) is 1. The Balaban J connectivity index is 2.45. The van der Waals surface area contributed by atoms with Gasteiger partial charge in [0.15, 0.2) is 0 Å². The third kappa shape index (κ3) is 3.26. The molecule has 1 aliphatic rings. The first-order valence-corrected chi connectivity index (χ1v) is 7.78. The zero-order valence-electron chi connectivity index (χ0n) is 12.2. The summed E-state index contributed by atoms with van der Waals surface area (Å²) >= 11 is 1.03. The molecule has 0 radical (unpaired) electrons. The number of hydrogen-bond acceptors (Lipinski definition) is 4. The number of aryl methyl sites for hydroxylation is 1. The number of nitrogens with one attached hydrogen (secondary N) is 1. The lowest BCUT2D eigenvalue weighted by molar-refractivity contribution is -0.167. The number of ether oxygens (including phenoxy) is 1. The van der Waals surface area contributed by atoms with Crippen LogP contribution in [0.25, 0.3) is 0 Å². The molecule has 1 N–H and O–H groups in total. The summed E-state index contributed by atoms with van der Waals surface area (Å²) in [5, 5.41) is 1.75. The molecule has 2 rings (SSSR count). The fourth-order valence-corrected chi connectivity index (χ4v) is 3.92. The van der Waals surface area contributed by atoms with E-state index in [2.05, 4.69) is 0 Å². The number of esters is 1. The number of carbonyl (C=O) groups excluding carboxylic acids is 2. The van der Waals surface area contributed by atoms with Crippen LogP contribution in [0.3, 0.4) is 0 Å². The van der Waals surface area contributed by atoms with Crippen LogP contribution in [0, 0.1) is 0 Å². The van der Waals surface area contributed by atoms with E-state index >= 15 is 0 Å². The minimum absolute atomic E-state index is 0.0518. The molecular weight excluding hydrogens is 319 g/mol. The molecule has 1 aromatic rings. The summed E-state index contributed by atoms with van der Waals surface area (Å²) in [6, 6.07) is 0. The molecule has 0 aliphatic heterocycles. The van der Waals surface area contributed by atoms with Gasteiger partial charge < -0.3 is 10.1 Å². The molecule has 0 saturated heterocycles. The summed E-state index contributed by atoms with van der Waals surface area (Å²) in [6.45, 7) is 3.65. The van der Waals surface area contributed by atoms with Crippen LogP contribution in [0.15, 0.2) is 0 Å². The lowest BCUT2D eigenvalue weighted by Gasteiger charge is -2.19. The number of rotatable bonds is 3. The van der Waals surface area contributed by atoms with E-state index in [0.717, 1.165) is 29.1 Å². The maximum absolute atomic E-state index is 12.5. The second-order valence-electron chi connectivity index (χ2n) is 5.11. The van der Waals surface area contributed by atoms with Crippen molar-refractivity contribution in [3.8, 4) is 0 Å². The Hall–Kier alpha value is -1.57. The predicted molar refractivity (Wildman–Crippen MR) is 76.3 cm³/mol. The molecule has 1 unspecified atom stereocenters. The van der Waals surface area contributed by atoms with Crippen molar-refractivity contribution in [2.45, 2.75) is 45.2 Å². The van der Waals surface area contributed by atoms with Gasteiger partial charge in [-0.3, -0.25) is 4.79 Å². The Labute approximate surface area is 129 Å². The summed E-state index contributed by atoms with van der Waals surface area (Å²) in [5.74, 6) is -2.72. The van der Waals surface area contributed by atoms with Crippen molar-refractivity contribution < 1.29 is 27.5 Å². The van der Waals surface area contributed by atoms with E-state index in [1.54, 1.807) is 6.92 Å². The summed E-state index contributed by atoms with van der Waals surface area (Å²) < 4.78 is 42.3. The topological polar surface area (TPSA) is 55.4 Å². The number of amides is 1. The van der Waals surface area contributed by atoms with Crippen LogP contribution in [-0.4, -0.2) is 24.7 Å². The molecule has 0 aromatic carbocycles. The molecule has 0 bridgehead atoms. The van der Waals surface area contributed by atoms with Gasteiger partial charge in [-0.1, -0.05) is 6.92 Å². The second-order valence-corrected chi connectivity index (χ2v) is 6.21. The maximum Gasteiger partial charge on any atom is 0.471 e. The molecule has 8 heteroatoms. The van der Waals surface area contributed by atoms with Gasteiger partial charge in [-0.2, -0.15) is 13.2 Å². The van der Waals surface area contributed by atoms with Gasteiger partial charge in [-0.05, 0) is 37.7 Å². The first-order valence-electron chi connectivity index (χ1n) is 6.96. The molecule has 1 heterocycles. The van der Waals surface area contributed by atoms with Crippen LogP contribution in [-0.2, 0) is 16.0 Å². The van der Waals surface area contributed by atoms with Crippen LogP contribution in [0.5, 0.6) is 0 Å². The van der Waals surface area contributed by atoms with E-state index < -0.39 is 18.1 Å². The van der Waals surface area contributed by atoms with Crippen LogP contribution in [0.4, 0.5) is 18.2 Å².